The maximum absolute atomic E-state index is 14.3. The number of carbonyl (C=O) groups is 4. The number of alkyl carbamates (subject to hydrolysis) is 1. The van der Waals surface area contributed by atoms with Crippen LogP contribution in [0.25, 0.3) is 11.0 Å². The second kappa shape index (κ2) is 17.8. The van der Waals surface area contributed by atoms with Crippen molar-refractivity contribution in [2.75, 3.05) is 45.5 Å². The quantitative estimate of drug-likeness (QED) is 0.231. The highest BCUT2D eigenvalue weighted by molar-refractivity contribution is 6.00. The summed E-state index contributed by atoms with van der Waals surface area (Å²) in [6.45, 7) is 6.73. The summed E-state index contributed by atoms with van der Waals surface area (Å²) in [5.74, 6) is -0.516. The third-order valence-corrected chi connectivity index (χ3v) is 12.0. The maximum Gasteiger partial charge on any atom is 0.407 e. The first kappa shape index (κ1) is 40.0. The van der Waals surface area contributed by atoms with E-state index in [-0.39, 0.29) is 53.3 Å². The molecule has 6 rings (SSSR count). The summed E-state index contributed by atoms with van der Waals surface area (Å²) in [6, 6.07) is 5.56. The number of carbonyl (C=O) groups excluding carboxylic acids is 4. The fraction of sp³-hybridized carbons (Fsp3) is 0.707. The number of anilines is 1. The Hall–Kier alpha value is -3.71. The van der Waals surface area contributed by atoms with Crippen LogP contribution in [0.5, 0.6) is 0 Å². The molecular weight excluding hydrogens is 697 g/mol. The van der Waals surface area contributed by atoms with Gasteiger partial charge in [0.25, 0.3) is 0 Å². The lowest BCUT2D eigenvalue weighted by Crippen LogP contribution is -2.50. The van der Waals surface area contributed by atoms with Gasteiger partial charge in [-0.25, -0.2) is 14.0 Å². The predicted octanol–water partition coefficient (Wildman–Crippen LogP) is 7.05. The molecule has 0 spiro atoms. The van der Waals surface area contributed by atoms with Crippen LogP contribution in [0.4, 0.5) is 14.9 Å². The molecule has 298 valence electrons. The second-order valence-corrected chi connectivity index (χ2v) is 16.7. The van der Waals surface area contributed by atoms with Crippen LogP contribution >= 0.6 is 0 Å². The first-order valence-electron chi connectivity index (χ1n) is 19.9. The molecule has 54 heavy (non-hydrogen) atoms. The number of likely N-dealkylation sites (tertiary alicyclic amines) is 1. The van der Waals surface area contributed by atoms with Crippen molar-refractivity contribution in [2.24, 2.45) is 29.6 Å². The van der Waals surface area contributed by atoms with Gasteiger partial charge in [-0.1, -0.05) is 0 Å². The van der Waals surface area contributed by atoms with E-state index in [1.54, 1.807) is 57.0 Å². The van der Waals surface area contributed by atoms with Crippen molar-refractivity contribution >= 4 is 40.5 Å². The third kappa shape index (κ3) is 9.93. The average molecular weight is 756 g/mol. The molecule has 2 N–H and O–H groups in total. The minimum atomic E-state index is -0.712. The minimum Gasteiger partial charge on any atom is -0.460 e. The molecule has 12 nitrogen and oxygen atoms in total. The zero-order chi connectivity index (χ0) is 38.4. The lowest BCUT2D eigenvalue weighted by Gasteiger charge is -2.38. The van der Waals surface area contributed by atoms with Crippen molar-refractivity contribution < 1.29 is 46.9 Å². The molecule has 0 bridgehead atoms. The Morgan fingerprint density at radius 3 is 2.33 bits per heavy atom. The summed E-state index contributed by atoms with van der Waals surface area (Å²) < 4.78 is 41.8. The topological polar surface area (TPSA) is 146 Å². The first-order chi connectivity index (χ1) is 25.9. The molecule has 0 unspecified atom stereocenters. The van der Waals surface area contributed by atoms with Gasteiger partial charge in [0.15, 0.2) is 0 Å². The fourth-order valence-corrected chi connectivity index (χ4v) is 9.01. The smallest absolute Gasteiger partial charge is 0.407 e. The second-order valence-electron chi connectivity index (χ2n) is 16.7. The number of benzene rings is 1. The highest BCUT2D eigenvalue weighted by Crippen LogP contribution is 2.42. The van der Waals surface area contributed by atoms with E-state index in [4.69, 9.17) is 23.4 Å². The van der Waals surface area contributed by atoms with Gasteiger partial charge in [0.1, 0.15) is 23.9 Å². The number of hydrogen-bond acceptors (Lipinski definition) is 9. The molecule has 1 aromatic carbocycles. The Bertz CT molecular complexity index is 1600. The summed E-state index contributed by atoms with van der Waals surface area (Å²) in [4.78, 5) is 55.6. The Labute approximate surface area is 317 Å². The van der Waals surface area contributed by atoms with Gasteiger partial charge in [0, 0.05) is 43.9 Å². The van der Waals surface area contributed by atoms with Crippen LogP contribution in [-0.4, -0.2) is 92.7 Å². The van der Waals surface area contributed by atoms with Crippen LogP contribution in [-0.2, 0) is 28.5 Å². The molecule has 4 aliphatic rings. The number of fused-ring (bicyclic) bond motifs is 1. The van der Waals surface area contributed by atoms with Crippen LogP contribution in [0, 0.1) is 29.6 Å². The largest absolute Gasteiger partial charge is 0.460 e. The zero-order valence-corrected chi connectivity index (χ0v) is 32.2. The van der Waals surface area contributed by atoms with E-state index in [1.807, 2.05) is 0 Å². The molecule has 3 heterocycles. The minimum absolute atomic E-state index is 0.00629. The van der Waals surface area contributed by atoms with Crippen LogP contribution in [0.3, 0.4) is 0 Å². The Kier molecular flexibility index (Phi) is 13.2. The summed E-state index contributed by atoms with van der Waals surface area (Å²) in [6.07, 6.45) is 8.03. The molecule has 2 aliphatic carbocycles. The maximum atomic E-state index is 14.3. The molecule has 13 heteroatoms. The van der Waals surface area contributed by atoms with E-state index in [1.165, 1.54) is 0 Å². The van der Waals surface area contributed by atoms with Gasteiger partial charge in [-0.2, -0.15) is 0 Å². The molecule has 1 aromatic heterocycles. The lowest BCUT2D eigenvalue weighted by atomic mass is 9.75. The van der Waals surface area contributed by atoms with E-state index in [2.05, 4.69) is 10.6 Å². The van der Waals surface area contributed by atoms with Gasteiger partial charge in [0.2, 0.25) is 17.6 Å². The van der Waals surface area contributed by atoms with Crippen LogP contribution < -0.4 is 10.6 Å². The summed E-state index contributed by atoms with van der Waals surface area (Å²) in [5.41, 5.74) is 0.361. The fourth-order valence-electron chi connectivity index (χ4n) is 9.01. The molecule has 3 atom stereocenters. The van der Waals surface area contributed by atoms with Gasteiger partial charge in [-0.05, 0) is 139 Å². The highest BCUT2D eigenvalue weighted by Gasteiger charge is 2.47. The number of amides is 3. The first-order valence-corrected chi connectivity index (χ1v) is 19.9. The normalized spacial score (nSPS) is 27.3. The van der Waals surface area contributed by atoms with Crippen LogP contribution in [0.1, 0.15) is 102 Å². The van der Waals surface area contributed by atoms with Gasteiger partial charge in [-0.3, -0.25) is 9.59 Å². The summed E-state index contributed by atoms with van der Waals surface area (Å²) in [5, 5.41) is 6.46. The predicted molar refractivity (Wildman–Crippen MR) is 200 cm³/mol. The van der Waals surface area contributed by atoms with Crippen molar-refractivity contribution in [3.63, 3.8) is 0 Å². The van der Waals surface area contributed by atoms with Crippen molar-refractivity contribution in [3.8, 4) is 0 Å². The van der Waals surface area contributed by atoms with E-state index in [9.17, 15) is 23.6 Å². The number of nitrogens with zero attached hydrogens (tertiary/aromatic N) is 1. The molecular formula is C41H58FN3O9. The third-order valence-electron chi connectivity index (χ3n) is 12.0. The van der Waals surface area contributed by atoms with Crippen LogP contribution in [0.15, 0.2) is 28.7 Å². The monoisotopic (exact) mass is 755 g/mol. The lowest BCUT2D eigenvalue weighted by molar-refractivity contribution is -0.142. The number of esters is 1. The van der Waals surface area contributed by atoms with Gasteiger partial charge >= 0.3 is 12.1 Å². The number of methoxy groups -OCH3 is 1. The number of halogens is 1. The van der Waals surface area contributed by atoms with Gasteiger partial charge < -0.3 is 38.9 Å². The average Bonchev–Trinajstić information content (AvgIpc) is 3.81. The molecule has 2 saturated carbocycles. The van der Waals surface area contributed by atoms with Crippen LogP contribution in [0.2, 0.25) is 0 Å². The zero-order valence-electron chi connectivity index (χ0n) is 32.2. The Morgan fingerprint density at radius 2 is 1.67 bits per heavy atom. The van der Waals surface area contributed by atoms with Crippen molar-refractivity contribution in [3.05, 3.63) is 30.0 Å². The number of ether oxygens (including phenoxy) is 4. The number of alkyl halides is 1. The SMILES string of the molecule is CO[C@H]1CC[C@H]([C@@H]2CCN(C(=O)[C@H]3CC[C@H]([C@@H](CF)NC(=O)OC(C)(C)C)CC3)[C@@H]2C(=O)Nc2ccc3oc(C(=O)OCC4CCOCC4)cc3c2)CC1. The van der Waals surface area contributed by atoms with E-state index in [0.717, 1.165) is 44.9 Å². The highest BCUT2D eigenvalue weighted by atomic mass is 19.1. The molecule has 2 saturated heterocycles. The Morgan fingerprint density at radius 1 is 0.944 bits per heavy atom. The molecule has 2 aliphatic heterocycles. The molecule has 3 amide bonds. The van der Waals surface area contributed by atoms with Gasteiger partial charge in [-0.15, -0.1) is 0 Å². The summed E-state index contributed by atoms with van der Waals surface area (Å²) in [7, 11) is 1.74. The molecule has 0 radical (unpaired) electrons. The summed E-state index contributed by atoms with van der Waals surface area (Å²) >= 11 is 0. The van der Waals surface area contributed by atoms with E-state index >= 15 is 0 Å². The molecule has 2 aromatic rings. The molecule has 4 fully saturated rings. The Balaban J connectivity index is 1.12. The number of furan rings is 1. The number of nitrogens with one attached hydrogen (secondary N) is 2. The van der Waals surface area contributed by atoms with E-state index in [0.29, 0.717) is 68.7 Å². The van der Waals surface area contributed by atoms with Crippen molar-refractivity contribution in [1.29, 1.82) is 0 Å². The number of hydrogen-bond donors (Lipinski definition) is 2. The number of rotatable bonds is 11. The van der Waals surface area contributed by atoms with Crippen molar-refractivity contribution in [1.82, 2.24) is 10.2 Å². The van der Waals surface area contributed by atoms with Gasteiger partial charge in [0.05, 0.1) is 18.8 Å². The van der Waals surface area contributed by atoms with E-state index < -0.39 is 36.4 Å². The van der Waals surface area contributed by atoms with Crippen molar-refractivity contribution in [2.45, 2.75) is 115 Å². The standard InChI is InChI=1S/C41H58FN3O9/c1-41(2,3)54-40(49)44-33(23-42)27-5-7-28(8-6-27)38(47)45-18-15-32(26-9-12-31(50-4)13-10-26)36(45)37(46)43-30-11-14-34-29(21-30)22-35(53-34)39(48)52-24-25-16-19-51-20-17-25/h11,14,21-22,25-28,31-33,36H,5-10,12-13,15-20,23-24H2,1-4H3,(H,43,46)(H,44,49)/t26-,27-,28-,31-,32-,33+,36-/m0/s1.